The summed E-state index contributed by atoms with van der Waals surface area (Å²) in [6, 6.07) is 7.41. The summed E-state index contributed by atoms with van der Waals surface area (Å²) in [6.07, 6.45) is 7.61. The SMILES string of the molecule is O=C(OCC1c2ccccc2C2C=CC=CC21)C(F)(F)S(=O)(=O)O. The maximum Gasteiger partial charge on any atom is 0.465 e. The molecule has 1 N–H and O–H groups in total. The van der Waals surface area contributed by atoms with Crippen molar-refractivity contribution in [2.75, 3.05) is 6.61 Å². The summed E-state index contributed by atoms with van der Waals surface area (Å²) in [5.41, 5.74) is 1.89. The Labute approximate surface area is 137 Å². The number of benzene rings is 1. The number of halogens is 2. The van der Waals surface area contributed by atoms with Gasteiger partial charge in [-0.15, -0.1) is 0 Å². The van der Waals surface area contributed by atoms with Gasteiger partial charge >= 0.3 is 21.3 Å². The van der Waals surface area contributed by atoms with Crippen molar-refractivity contribution in [2.45, 2.75) is 17.1 Å². The van der Waals surface area contributed by atoms with Gasteiger partial charge in [0.25, 0.3) is 0 Å². The molecule has 0 heterocycles. The lowest BCUT2D eigenvalue weighted by molar-refractivity contribution is -0.162. The number of hydrogen-bond acceptors (Lipinski definition) is 4. The molecule has 3 atom stereocenters. The van der Waals surface area contributed by atoms with Crippen molar-refractivity contribution in [1.82, 2.24) is 0 Å². The molecule has 0 aromatic heterocycles. The first-order chi connectivity index (χ1) is 11.2. The fourth-order valence-electron chi connectivity index (χ4n) is 3.23. The van der Waals surface area contributed by atoms with Crippen molar-refractivity contribution >= 4 is 16.1 Å². The number of carbonyl (C=O) groups is 1. The van der Waals surface area contributed by atoms with Crippen LogP contribution in [0.4, 0.5) is 8.78 Å². The van der Waals surface area contributed by atoms with Crippen molar-refractivity contribution in [2.24, 2.45) is 5.92 Å². The predicted molar refractivity (Wildman–Crippen MR) is 81.1 cm³/mol. The molecule has 128 valence electrons. The number of hydrogen-bond donors (Lipinski definition) is 1. The summed E-state index contributed by atoms with van der Waals surface area (Å²) in [5.74, 6) is -2.66. The van der Waals surface area contributed by atoms with Crippen LogP contribution in [0.1, 0.15) is 23.0 Å². The van der Waals surface area contributed by atoms with E-state index in [4.69, 9.17) is 4.55 Å². The fraction of sp³-hybridized carbons (Fsp3) is 0.312. The van der Waals surface area contributed by atoms with Crippen molar-refractivity contribution in [1.29, 1.82) is 0 Å². The molecular formula is C16H14F2O5S. The zero-order valence-corrected chi connectivity index (χ0v) is 13.1. The molecule has 0 spiro atoms. The average Bonchev–Trinajstić information content (AvgIpc) is 2.85. The zero-order valence-electron chi connectivity index (χ0n) is 12.3. The van der Waals surface area contributed by atoms with E-state index in [9.17, 15) is 22.0 Å². The lowest BCUT2D eigenvalue weighted by atomic mass is 9.84. The van der Waals surface area contributed by atoms with Crippen LogP contribution >= 0.6 is 0 Å². The van der Waals surface area contributed by atoms with Gasteiger partial charge < -0.3 is 4.74 Å². The molecule has 5 nitrogen and oxygen atoms in total. The van der Waals surface area contributed by atoms with Gasteiger partial charge in [0.15, 0.2) is 0 Å². The van der Waals surface area contributed by atoms with Gasteiger partial charge in [0.05, 0.1) is 6.61 Å². The Kier molecular flexibility index (Phi) is 4.05. The summed E-state index contributed by atoms with van der Waals surface area (Å²) < 4.78 is 60.8. The Bertz CT molecular complexity index is 829. The molecule has 8 heteroatoms. The molecular weight excluding hydrogens is 342 g/mol. The molecule has 24 heavy (non-hydrogen) atoms. The van der Waals surface area contributed by atoms with Crippen molar-refractivity contribution in [3.8, 4) is 0 Å². The Morgan fingerprint density at radius 1 is 1.17 bits per heavy atom. The lowest BCUT2D eigenvalue weighted by Gasteiger charge is -2.23. The second-order valence-corrected chi connectivity index (χ2v) is 7.16. The molecule has 0 aliphatic heterocycles. The van der Waals surface area contributed by atoms with E-state index in [1.807, 2.05) is 42.5 Å². The zero-order chi connectivity index (χ0) is 17.5. The maximum atomic E-state index is 13.3. The summed E-state index contributed by atoms with van der Waals surface area (Å²) in [7, 11) is -5.86. The van der Waals surface area contributed by atoms with E-state index >= 15 is 0 Å². The largest absolute Gasteiger partial charge is 0.465 e. The average molecular weight is 356 g/mol. The summed E-state index contributed by atoms with van der Waals surface area (Å²) >= 11 is 0. The van der Waals surface area contributed by atoms with Gasteiger partial charge in [-0.25, -0.2) is 4.79 Å². The summed E-state index contributed by atoms with van der Waals surface area (Å²) in [4.78, 5) is 11.4. The molecule has 3 rings (SSSR count). The standard InChI is InChI=1S/C16H14F2O5S/c17-16(18,24(20,21)22)15(19)23-9-14-12-7-3-1-5-10(12)11-6-2-4-8-13(11)14/h1-8,10,12,14H,9H2,(H,20,21,22). The number of alkyl halides is 2. The predicted octanol–water partition coefficient (Wildman–Crippen LogP) is 2.63. The highest BCUT2D eigenvalue weighted by Crippen LogP contribution is 2.49. The summed E-state index contributed by atoms with van der Waals surface area (Å²) in [5, 5.41) is -4.98. The van der Waals surface area contributed by atoms with Crippen LogP contribution in [0, 0.1) is 5.92 Å². The normalized spacial score (nSPS) is 25.2. The molecule has 0 amide bonds. The van der Waals surface area contributed by atoms with Gasteiger partial charge in [-0.3, -0.25) is 4.55 Å². The summed E-state index contributed by atoms with van der Waals surface area (Å²) in [6.45, 7) is -0.402. The Morgan fingerprint density at radius 3 is 2.46 bits per heavy atom. The highest BCUT2D eigenvalue weighted by atomic mass is 32.2. The quantitative estimate of drug-likeness (QED) is 0.663. The van der Waals surface area contributed by atoms with Crippen molar-refractivity contribution in [3.05, 3.63) is 59.7 Å². The number of carbonyl (C=O) groups excluding carboxylic acids is 1. The van der Waals surface area contributed by atoms with Crippen LogP contribution in [0.15, 0.2) is 48.6 Å². The van der Waals surface area contributed by atoms with E-state index in [1.54, 1.807) is 6.07 Å². The Hall–Kier alpha value is -2.06. The molecule has 1 aromatic carbocycles. The van der Waals surface area contributed by atoms with Gasteiger partial charge in [-0.05, 0) is 17.0 Å². The third-order valence-electron chi connectivity index (χ3n) is 4.35. The number of ether oxygens (including phenoxy) is 1. The van der Waals surface area contributed by atoms with E-state index in [-0.39, 0.29) is 17.8 Å². The van der Waals surface area contributed by atoms with Gasteiger partial charge in [0.1, 0.15) is 0 Å². The first-order valence-corrected chi connectivity index (χ1v) is 8.63. The number of esters is 1. The van der Waals surface area contributed by atoms with Crippen LogP contribution in [0.3, 0.4) is 0 Å². The molecule has 2 aliphatic rings. The molecule has 2 aliphatic carbocycles. The molecule has 0 saturated carbocycles. The van der Waals surface area contributed by atoms with E-state index in [0.29, 0.717) is 0 Å². The van der Waals surface area contributed by atoms with Crippen LogP contribution in [-0.4, -0.2) is 30.8 Å². The van der Waals surface area contributed by atoms with Crippen LogP contribution in [0.2, 0.25) is 0 Å². The van der Waals surface area contributed by atoms with Crippen LogP contribution < -0.4 is 0 Å². The highest BCUT2D eigenvalue weighted by Gasteiger charge is 2.54. The van der Waals surface area contributed by atoms with Gasteiger partial charge in [0.2, 0.25) is 0 Å². The maximum absolute atomic E-state index is 13.3. The minimum absolute atomic E-state index is 0.0528. The minimum atomic E-state index is -5.86. The minimum Gasteiger partial charge on any atom is -0.460 e. The molecule has 0 radical (unpaired) electrons. The molecule has 3 unspecified atom stereocenters. The molecule has 1 aromatic rings. The van der Waals surface area contributed by atoms with Crippen LogP contribution in [0.25, 0.3) is 0 Å². The van der Waals surface area contributed by atoms with Crippen LogP contribution in [0.5, 0.6) is 0 Å². The number of allylic oxidation sites excluding steroid dienone is 4. The van der Waals surface area contributed by atoms with E-state index in [2.05, 4.69) is 4.74 Å². The fourth-order valence-corrected chi connectivity index (χ4v) is 3.50. The van der Waals surface area contributed by atoms with E-state index < -0.39 is 27.9 Å². The smallest absolute Gasteiger partial charge is 0.460 e. The second-order valence-electron chi connectivity index (χ2n) is 5.70. The third-order valence-corrected chi connectivity index (χ3v) is 5.17. The van der Waals surface area contributed by atoms with E-state index in [1.165, 1.54) is 0 Å². The molecule has 0 bridgehead atoms. The topological polar surface area (TPSA) is 80.7 Å². The van der Waals surface area contributed by atoms with Crippen molar-refractivity contribution in [3.63, 3.8) is 0 Å². The lowest BCUT2D eigenvalue weighted by Crippen LogP contribution is -2.39. The van der Waals surface area contributed by atoms with Gasteiger partial charge in [-0.1, -0.05) is 48.6 Å². The monoisotopic (exact) mass is 356 g/mol. The van der Waals surface area contributed by atoms with Gasteiger partial charge in [0, 0.05) is 11.8 Å². The van der Waals surface area contributed by atoms with Gasteiger partial charge in [-0.2, -0.15) is 17.2 Å². The first-order valence-electron chi connectivity index (χ1n) is 7.19. The third kappa shape index (κ3) is 2.65. The molecule has 0 saturated heterocycles. The molecule has 0 fully saturated rings. The van der Waals surface area contributed by atoms with E-state index in [0.717, 1.165) is 11.1 Å². The highest BCUT2D eigenvalue weighted by molar-refractivity contribution is 7.87. The Morgan fingerprint density at radius 2 is 1.79 bits per heavy atom. The second kappa shape index (κ2) is 5.78. The Balaban J connectivity index is 1.82. The number of rotatable bonds is 4. The number of fused-ring (bicyclic) bond motifs is 3. The van der Waals surface area contributed by atoms with Crippen LogP contribution in [-0.2, 0) is 19.6 Å². The van der Waals surface area contributed by atoms with Crippen molar-refractivity contribution < 1.29 is 31.3 Å². The first kappa shape index (κ1) is 16.8.